The fourth-order valence-corrected chi connectivity index (χ4v) is 2.51. The average molecular weight is 319 g/mol. The first-order valence-corrected chi connectivity index (χ1v) is 7.39. The molecule has 7 heteroatoms. The average Bonchev–Trinajstić information content (AvgIpc) is 3.09. The van der Waals surface area contributed by atoms with Gasteiger partial charge in [0.1, 0.15) is 12.3 Å². The zero-order valence-corrected chi connectivity index (χ0v) is 13.6. The van der Waals surface area contributed by atoms with Crippen LogP contribution in [-0.4, -0.2) is 47.3 Å². The number of urea groups is 1. The highest BCUT2D eigenvalue weighted by Crippen LogP contribution is 2.28. The van der Waals surface area contributed by atoms with E-state index >= 15 is 0 Å². The van der Waals surface area contributed by atoms with Crippen molar-refractivity contribution in [3.8, 4) is 0 Å². The zero-order valence-electron chi connectivity index (χ0n) is 13.6. The highest BCUT2D eigenvalue weighted by Gasteiger charge is 2.51. The van der Waals surface area contributed by atoms with E-state index in [9.17, 15) is 14.4 Å². The van der Waals surface area contributed by atoms with Gasteiger partial charge in [-0.15, -0.1) is 0 Å². The van der Waals surface area contributed by atoms with Crippen molar-refractivity contribution in [1.29, 1.82) is 0 Å². The molecule has 0 unspecified atom stereocenters. The lowest BCUT2D eigenvalue weighted by Gasteiger charge is -2.23. The molecule has 1 saturated heterocycles. The van der Waals surface area contributed by atoms with Gasteiger partial charge in [-0.25, -0.2) is 4.79 Å². The first-order chi connectivity index (χ1) is 10.8. The Bertz CT molecular complexity index is 638. The van der Waals surface area contributed by atoms with Crippen molar-refractivity contribution < 1.29 is 18.8 Å². The molecular formula is C16H21N3O4. The van der Waals surface area contributed by atoms with Gasteiger partial charge in [0.25, 0.3) is 5.91 Å². The van der Waals surface area contributed by atoms with Crippen LogP contribution in [0.15, 0.2) is 35.0 Å². The molecule has 1 aromatic rings. The van der Waals surface area contributed by atoms with Crippen LogP contribution in [0.3, 0.4) is 0 Å². The van der Waals surface area contributed by atoms with Crippen LogP contribution in [0.25, 0.3) is 0 Å². The first-order valence-electron chi connectivity index (χ1n) is 7.39. The van der Waals surface area contributed by atoms with Crippen molar-refractivity contribution in [3.63, 3.8) is 0 Å². The third kappa shape index (κ3) is 3.13. The molecule has 4 amide bonds. The van der Waals surface area contributed by atoms with Crippen LogP contribution in [-0.2, 0) is 15.1 Å². The van der Waals surface area contributed by atoms with Crippen LogP contribution >= 0.6 is 0 Å². The third-order valence-corrected chi connectivity index (χ3v) is 3.78. The number of carbonyl (C=O) groups excluding carboxylic acids is 3. The highest BCUT2D eigenvalue weighted by molar-refractivity contribution is 6.08. The molecule has 23 heavy (non-hydrogen) atoms. The molecule has 2 heterocycles. The number of imide groups is 1. The number of furan rings is 1. The van der Waals surface area contributed by atoms with Crippen molar-refractivity contribution in [2.24, 2.45) is 0 Å². The van der Waals surface area contributed by atoms with Gasteiger partial charge in [0, 0.05) is 13.1 Å². The van der Waals surface area contributed by atoms with Crippen molar-refractivity contribution in [3.05, 3.63) is 36.3 Å². The summed E-state index contributed by atoms with van der Waals surface area (Å²) < 4.78 is 5.24. The third-order valence-electron chi connectivity index (χ3n) is 3.78. The fraction of sp³-hybridized carbons (Fsp3) is 0.438. The van der Waals surface area contributed by atoms with Gasteiger partial charge in [-0.3, -0.25) is 14.5 Å². The number of likely N-dealkylation sites (N-methyl/N-ethyl adjacent to an activating group) is 1. The maximum Gasteiger partial charge on any atom is 0.325 e. The summed E-state index contributed by atoms with van der Waals surface area (Å²) in [7, 11) is 0. The number of hydrogen-bond donors (Lipinski definition) is 1. The Labute approximate surface area is 134 Å². The maximum atomic E-state index is 12.6. The predicted octanol–water partition coefficient (Wildman–Crippen LogP) is 1.47. The standard InChI is InChI=1S/C16H21N3O4/c1-5-18(9-11(2)3)13(20)10-19-14(21)16(4,17-15(19)22)12-7-6-8-23-12/h6-8H,2,5,9-10H2,1,3-4H3,(H,17,22)/t16-/m0/s1. The number of hydrogen-bond acceptors (Lipinski definition) is 4. The van der Waals surface area contributed by atoms with E-state index in [0.717, 1.165) is 10.5 Å². The van der Waals surface area contributed by atoms with Crippen LogP contribution < -0.4 is 5.32 Å². The van der Waals surface area contributed by atoms with E-state index in [1.54, 1.807) is 24.0 Å². The molecule has 7 nitrogen and oxygen atoms in total. The summed E-state index contributed by atoms with van der Waals surface area (Å²) >= 11 is 0. The molecule has 124 valence electrons. The zero-order chi connectivity index (χ0) is 17.2. The van der Waals surface area contributed by atoms with Crippen LogP contribution in [0.1, 0.15) is 26.5 Å². The minimum atomic E-state index is -1.29. The van der Waals surface area contributed by atoms with Crippen molar-refractivity contribution in [2.75, 3.05) is 19.6 Å². The van der Waals surface area contributed by atoms with E-state index < -0.39 is 17.5 Å². The van der Waals surface area contributed by atoms with Gasteiger partial charge in [-0.1, -0.05) is 12.2 Å². The molecule has 0 radical (unpaired) electrons. The summed E-state index contributed by atoms with van der Waals surface area (Å²) in [6.07, 6.45) is 1.43. The van der Waals surface area contributed by atoms with Crippen molar-refractivity contribution >= 4 is 17.8 Å². The predicted molar refractivity (Wildman–Crippen MR) is 83.4 cm³/mol. The molecule has 1 N–H and O–H groups in total. The van der Waals surface area contributed by atoms with Gasteiger partial charge >= 0.3 is 6.03 Å². The van der Waals surface area contributed by atoms with Crippen LogP contribution in [0, 0.1) is 0 Å². The summed E-state index contributed by atoms with van der Waals surface area (Å²) in [6, 6.07) is 2.65. The second kappa shape index (κ2) is 6.28. The molecule has 1 aromatic heterocycles. The van der Waals surface area contributed by atoms with E-state index in [0.29, 0.717) is 18.8 Å². The summed E-state index contributed by atoms with van der Waals surface area (Å²) in [5, 5.41) is 2.59. The lowest BCUT2D eigenvalue weighted by atomic mass is 9.99. The van der Waals surface area contributed by atoms with Gasteiger partial charge in [0.2, 0.25) is 5.91 Å². The van der Waals surface area contributed by atoms with E-state index in [-0.39, 0.29) is 12.5 Å². The molecule has 0 spiro atoms. The van der Waals surface area contributed by atoms with Crippen molar-refractivity contribution in [1.82, 2.24) is 15.1 Å². The highest BCUT2D eigenvalue weighted by atomic mass is 16.3. The molecule has 0 aliphatic carbocycles. The van der Waals surface area contributed by atoms with Crippen LogP contribution in [0.5, 0.6) is 0 Å². The van der Waals surface area contributed by atoms with Gasteiger partial charge in [-0.05, 0) is 32.9 Å². The smallest absolute Gasteiger partial charge is 0.325 e. The Morgan fingerprint density at radius 2 is 2.17 bits per heavy atom. The molecule has 1 atom stereocenters. The van der Waals surface area contributed by atoms with Gasteiger partial charge in [0.15, 0.2) is 5.54 Å². The second-order valence-corrected chi connectivity index (χ2v) is 5.79. The monoisotopic (exact) mass is 319 g/mol. The van der Waals surface area contributed by atoms with E-state index in [4.69, 9.17) is 4.42 Å². The number of nitrogens with one attached hydrogen (secondary N) is 1. The van der Waals surface area contributed by atoms with Crippen LogP contribution in [0.2, 0.25) is 0 Å². The summed E-state index contributed by atoms with van der Waals surface area (Å²) in [4.78, 5) is 39.5. The second-order valence-electron chi connectivity index (χ2n) is 5.79. The number of nitrogens with zero attached hydrogens (tertiary/aromatic N) is 2. The van der Waals surface area contributed by atoms with Crippen LogP contribution in [0.4, 0.5) is 4.79 Å². The van der Waals surface area contributed by atoms with Gasteiger partial charge in [-0.2, -0.15) is 0 Å². The Balaban J connectivity index is 2.15. The number of amides is 4. The lowest BCUT2D eigenvalue weighted by molar-refractivity contribution is -0.138. The molecule has 2 rings (SSSR count). The number of rotatable bonds is 6. The minimum Gasteiger partial charge on any atom is -0.466 e. The van der Waals surface area contributed by atoms with E-state index in [1.165, 1.54) is 6.26 Å². The first kappa shape index (κ1) is 16.8. The van der Waals surface area contributed by atoms with Gasteiger partial charge < -0.3 is 14.6 Å². The quantitative estimate of drug-likeness (QED) is 0.636. The van der Waals surface area contributed by atoms with Crippen molar-refractivity contribution in [2.45, 2.75) is 26.3 Å². The molecule has 1 aliphatic rings. The minimum absolute atomic E-state index is 0.303. The molecule has 1 fully saturated rings. The molecule has 0 saturated carbocycles. The molecule has 0 aromatic carbocycles. The summed E-state index contributed by atoms with van der Waals surface area (Å²) in [5.41, 5.74) is -0.454. The normalized spacial score (nSPS) is 20.6. The summed E-state index contributed by atoms with van der Waals surface area (Å²) in [5.74, 6) is -0.472. The summed E-state index contributed by atoms with van der Waals surface area (Å²) in [6.45, 7) is 9.56. The Morgan fingerprint density at radius 3 is 2.70 bits per heavy atom. The fourth-order valence-electron chi connectivity index (χ4n) is 2.51. The largest absolute Gasteiger partial charge is 0.466 e. The lowest BCUT2D eigenvalue weighted by Crippen LogP contribution is -2.44. The maximum absolute atomic E-state index is 12.6. The Kier molecular flexibility index (Phi) is 4.58. The van der Waals surface area contributed by atoms with E-state index in [1.807, 2.05) is 13.8 Å². The van der Waals surface area contributed by atoms with Gasteiger partial charge in [0.05, 0.1) is 6.26 Å². The van der Waals surface area contributed by atoms with E-state index in [2.05, 4.69) is 11.9 Å². The molecule has 1 aliphatic heterocycles. The molecular weight excluding hydrogens is 298 g/mol. The number of carbonyl (C=O) groups is 3. The Morgan fingerprint density at radius 1 is 1.48 bits per heavy atom. The topological polar surface area (TPSA) is 82.9 Å². The SMILES string of the molecule is C=C(C)CN(CC)C(=O)CN1C(=O)N[C@@](C)(c2ccco2)C1=O. The Hall–Kier alpha value is -2.57. The molecule has 0 bridgehead atoms.